The maximum absolute atomic E-state index is 14.7. The van der Waals surface area contributed by atoms with Crippen LogP contribution in [0.25, 0.3) is 0 Å². The highest BCUT2D eigenvalue weighted by molar-refractivity contribution is 7.90. The average molecular weight is 1000 g/mol. The molecule has 4 aromatic carbocycles. The molecule has 16 heteroatoms. The molecule has 0 saturated carbocycles. The van der Waals surface area contributed by atoms with Gasteiger partial charge in [0.2, 0.25) is 40.1 Å². The fourth-order valence-electron chi connectivity index (χ4n) is 9.99. The quantitative estimate of drug-likeness (QED) is 0.0631. The molecule has 0 aliphatic carbocycles. The molecule has 12 nitrogen and oxygen atoms in total. The van der Waals surface area contributed by atoms with Crippen LogP contribution in [-0.4, -0.2) is 103 Å². The molecule has 0 N–H and O–H groups in total. The van der Waals surface area contributed by atoms with Gasteiger partial charge in [-0.05, 0) is 160 Å². The maximum atomic E-state index is 14.7. The molecule has 0 heterocycles. The van der Waals surface area contributed by atoms with Crippen LogP contribution in [0.15, 0.2) is 68.1 Å². The van der Waals surface area contributed by atoms with Crippen LogP contribution in [0.4, 0.5) is 0 Å². The van der Waals surface area contributed by atoms with Gasteiger partial charge in [-0.25, -0.2) is 33.7 Å². The Hall–Kier alpha value is -3.48. The SMILES string of the molecule is CCN(CCCCN(CCCN(CCCCN(CC)S(=O)(=O)c1c(C)cc(C)cc1C)S(=O)(=O)c1c(C)cc(C)cc1C)S(=O)(=O)c1c(C)cc(C)cc1C)S(=O)(=O)c1c(C)cc(C)cc1C. The third kappa shape index (κ3) is 13.0. The Morgan fingerprint density at radius 3 is 0.642 bits per heavy atom. The molecule has 0 aromatic heterocycles. The van der Waals surface area contributed by atoms with E-state index in [-0.39, 0.29) is 68.6 Å². The lowest BCUT2D eigenvalue weighted by Crippen LogP contribution is -2.39. The minimum absolute atomic E-state index is 0.0155. The summed E-state index contributed by atoms with van der Waals surface area (Å²) in [7, 11) is -15.8. The molecule has 0 unspecified atom stereocenters. The normalized spacial score (nSPS) is 12.9. The Morgan fingerprint density at radius 1 is 0.284 bits per heavy atom. The van der Waals surface area contributed by atoms with Gasteiger partial charge in [-0.15, -0.1) is 0 Å². The van der Waals surface area contributed by atoms with Crippen molar-refractivity contribution in [1.29, 1.82) is 0 Å². The second-order valence-corrected chi connectivity index (χ2v) is 26.0. The van der Waals surface area contributed by atoms with Crippen molar-refractivity contribution in [3.8, 4) is 0 Å². The van der Waals surface area contributed by atoms with Gasteiger partial charge in [0.15, 0.2) is 0 Å². The molecule has 0 bridgehead atoms. The Morgan fingerprint density at radius 2 is 0.448 bits per heavy atom. The van der Waals surface area contributed by atoms with E-state index in [0.717, 1.165) is 22.3 Å². The van der Waals surface area contributed by atoms with Crippen LogP contribution >= 0.6 is 0 Å². The third-order valence-electron chi connectivity index (χ3n) is 12.5. The van der Waals surface area contributed by atoms with E-state index in [2.05, 4.69) is 0 Å². The van der Waals surface area contributed by atoms with Crippen molar-refractivity contribution in [2.24, 2.45) is 0 Å². The lowest BCUT2D eigenvalue weighted by atomic mass is 10.1. The van der Waals surface area contributed by atoms with E-state index in [1.807, 2.05) is 76.2 Å². The maximum Gasteiger partial charge on any atom is 0.243 e. The third-order valence-corrected chi connectivity index (χ3v) is 21.4. The number of hydrogen-bond acceptors (Lipinski definition) is 8. The number of sulfonamides is 4. The summed E-state index contributed by atoms with van der Waals surface area (Å²) < 4.78 is 120. The van der Waals surface area contributed by atoms with Crippen LogP contribution in [0, 0.1) is 83.1 Å². The Balaban J connectivity index is 1.61. The van der Waals surface area contributed by atoms with Gasteiger partial charge in [0.1, 0.15) is 0 Å². The smallest absolute Gasteiger partial charge is 0.207 e. The van der Waals surface area contributed by atoms with Crippen LogP contribution in [0.3, 0.4) is 0 Å². The molecule has 67 heavy (non-hydrogen) atoms. The highest BCUT2D eigenvalue weighted by Gasteiger charge is 2.33. The molecule has 0 radical (unpaired) electrons. The fraction of sp³-hybridized carbons (Fsp3) is 0.529. The molecular weight excluding hydrogens is 925 g/mol. The molecule has 0 aliphatic heterocycles. The van der Waals surface area contributed by atoms with Crippen molar-refractivity contribution < 1.29 is 33.7 Å². The number of unbranched alkanes of at least 4 members (excludes halogenated alkanes) is 2. The molecule has 0 aliphatic rings. The fourth-order valence-corrected chi connectivity index (χ4v) is 17.6. The largest absolute Gasteiger partial charge is 0.243 e. The predicted octanol–water partition coefficient (Wildman–Crippen LogP) is 9.44. The number of rotatable bonds is 24. The lowest BCUT2D eigenvalue weighted by Gasteiger charge is -2.28. The number of benzene rings is 4. The second kappa shape index (κ2) is 23.0. The Bertz CT molecular complexity index is 2590. The topological polar surface area (TPSA) is 150 Å². The predicted molar refractivity (Wildman–Crippen MR) is 272 cm³/mol. The van der Waals surface area contributed by atoms with Crippen LogP contribution in [0.2, 0.25) is 0 Å². The minimum Gasteiger partial charge on any atom is -0.207 e. The summed E-state index contributed by atoms with van der Waals surface area (Å²) in [6.07, 6.45) is 1.70. The van der Waals surface area contributed by atoms with Crippen molar-refractivity contribution in [1.82, 2.24) is 17.2 Å². The number of nitrogens with zero attached hydrogens (tertiary/aromatic N) is 4. The summed E-state index contributed by atoms with van der Waals surface area (Å²) in [5.41, 5.74) is 8.99. The Kier molecular flexibility index (Phi) is 19.2. The minimum atomic E-state index is -4.08. The first-order chi connectivity index (χ1) is 31.1. The summed E-state index contributed by atoms with van der Waals surface area (Å²) in [6.45, 7) is 26.7. The van der Waals surface area contributed by atoms with E-state index in [1.54, 1.807) is 69.2 Å². The molecule has 0 atom stereocenters. The van der Waals surface area contributed by atoms with E-state index in [1.165, 1.54) is 17.2 Å². The molecule has 4 rings (SSSR count). The average Bonchev–Trinajstić information content (AvgIpc) is 3.16. The van der Waals surface area contributed by atoms with Crippen LogP contribution < -0.4 is 0 Å². The summed E-state index contributed by atoms with van der Waals surface area (Å²) >= 11 is 0. The van der Waals surface area contributed by atoms with Crippen molar-refractivity contribution >= 4 is 40.1 Å². The van der Waals surface area contributed by atoms with Gasteiger partial charge < -0.3 is 0 Å². The molecular formula is C51H76N4O8S4. The van der Waals surface area contributed by atoms with E-state index in [0.29, 0.717) is 80.0 Å². The van der Waals surface area contributed by atoms with Gasteiger partial charge in [-0.3, -0.25) is 0 Å². The first-order valence-corrected chi connectivity index (χ1v) is 29.2. The second-order valence-electron chi connectivity index (χ2n) is 18.5. The van der Waals surface area contributed by atoms with Crippen molar-refractivity contribution in [3.63, 3.8) is 0 Å². The van der Waals surface area contributed by atoms with Gasteiger partial charge in [0.05, 0.1) is 19.6 Å². The Labute approximate surface area is 405 Å². The van der Waals surface area contributed by atoms with Crippen LogP contribution in [-0.2, 0) is 40.1 Å². The monoisotopic (exact) mass is 1000 g/mol. The molecule has 4 aromatic rings. The van der Waals surface area contributed by atoms with Gasteiger partial charge in [0, 0.05) is 52.4 Å². The molecule has 0 saturated heterocycles. The summed E-state index contributed by atoms with van der Waals surface area (Å²) in [5, 5.41) is 0. The zero-order valence-corrected chi connectivity index (χ0v) is 45.8. The summed E-state index contributed by atoms with van der Waals surface area (Å²) in [6, 6.07) is 14.8. The summed E-state index contributed by atoms with van der Waals surface area (Å²) in [5.74, 6) is 0. The van der Waals surface area contributed by atoms with E-state index >= 15 is 0 Å². The lowest BCUT2D eigenvalue weighted by molar-refractivity contribution is 0.338. The van der Waals surface area contributed by atoms with E-state index < -0.39 is 40.1 Å². The number of hydrogen-bond donors (Lipinski definition) is 0. The molecule has 372 valence electrons. The van der Waals surface area contributed by atoms with E-state index in [9.17, 15) is 33.7 Å². The first-order valence-electron chi connectivity index (χ1n) is 23.4. The zero-order valence-electron chi connectivity index (χ0n) is 42.5. The van der Waals surface area contributed by atoms with Gasteiger partial charge in [0.25, 0.3) is 0 Å². The highest BCUT2D eigenvalue weighted by atomic mass is 32.2. The van der Waals surface area contributed by atoms with Gasteiger partial charge >= 0.3 is 0 Å². The molecule has 0 spiro atoms. The highest BCUT2D eigenvalue weighted by Crippen LogP contribution is 2.30. The molecule has 0 fully saturated rings. The van der Waals surface area contributed by atoms with Gasteiger partial charge in [-0.2, -0.15) is 17.2 Å². The van der Waals surface area contributed by atoms with Crippen molar-refractivity contribution in [2.75, 3.05) is 52.4 Å². The van der Waals surface area contributed by atoms with Crippen LogP contribution in [0.1, 0.15) is 113 Å². The van der Waals surface area contributed by atoms with Crippen molar-refractivity contribution in [2.45, 2.75) is 149 Å². The van der Waals surface area contributed by atoms with Crippen molar-refractivity contribution in [3.05, 3.63) is 115 Å². The number of aryl methyl sites for hydroxylation is 12. The summed E-state index contributed by atoms with van der Waals surface area (Å²) in [4.78, 5) is 1.02. The zero-order chi connectivity index (χ0) is 50.4. The van der Waals surface area contributed by atoms with Gasteiger partial charge in [-0.1, -0.05) is 84.6 Å². The van der Waals surface area contributed by atoms with E-state index in [4.69, 9.17) is 0 Å². The standard InChI is InChI=1S/C51H76N4O8S4/c1-15-52(64(56,57)48-40(7)28-36(3)29-41(48)8)22-17-19-24-54(66(60,61)50-44(11)32-38(5)33-45(50)12)26-21-27-55(67(62,63)51-46(13)34-39(6)35-47(51)14)25-20-18-23-53(16-2)65(58,59)49-42(9)30-37(4)31-43(49)10/h28-35H,15-27H2,1-14H3. The molecule has 0 amide bonds. The first kappa shape index (κ1) is 56.1. The van der Waals surface area contributed by atoms with Crippen LogP contribution in [0.5, 0.6) is 0 Å².